The van der Waals surface area contributed by atoms with Gasteiger partial charge in [0.15, 0.2) is 5.69 Å². The van der Waals surface area contributed by atoms with E-state index < -0.39 is 29.5 Å². The number of ether oxygens (including phenoxy) is 1. The molecule has 15 heavy (non-hydrogen) atoms. The highest BCUT2D eigenvalue weighted by atomic mass is 19.4. The van der Waals surface area contributed by atoms with Crippen molar-refractivity contribution in [3.63, 3.8) is 0 Å². The number of carboxylic acid groups (broad SMARTS) is 1. The van der Waals surface area contributed by atoms with Crippen molar-refractivity contribution < 1.29 is 27.8 Å². The number of nitrogens with zero attached hydrogens (tertiary/aromatic N) is 1. The van der Waals surface area contributed by atoms with Crippen LogP contribution >= 0.6 is 0 Å². The third-order valence-electron chi connectivity index (χ3n) is 1.33. The maximum absolute atomic E-state index is 11.7. The van der Waals surface area contributed by atoms with E-state index in [9.17, 15) is 18.0 Å². The van der Waals surface area contributed by atoms with Gasteiger partial charge in [-0.1, -0.05) is 0 Å². The van der Waals surface area contributed by atoms with Gasteiger partial charge in [0.05, 0.1) is 11.9 Å². The van der Waals surface area contributed by atoms with E-state index in [-0.39, 0.29) is 0 Å². The Morgan fingerprint density at radius 2 is 2.13 bits per heavy atom. The van der Waals surface area contributed by atoms with Gasteiger partial charge in [0.2, 0.25) is 0 Å². The summed E-state index contributed by atoms with van der Waals surface area (Å²) in [6.45, 7) is 0. The van der Waals surface area contributed by atoms with E-state index in [2.05, 4.69) is 9.72 Å². The van der Waals surface area contributed by atoms with Crippen LogP contribution in [0.2, 0.25) is 0 Å². The van der Waals surface area contributed by atoms with Crippen molar-refractivity contribution in [2.75, 3.05) is 5.73 Å². The number of nitrogen functional groups attached to an aromatic ring is 1. The summed E-state index contributed by atoms with van der Waals surface area (Å²) in [6, 6.07) is 0.740. The van der Waals surface area contributed by atoms with E-state index in [0.29, 0.717) is 6.20 Å². The number of nitrogens with two attached hydrogens (primary N) is 1. The smallest absolute Gasteiger partial charge is 0.476 e. The molecule has 5 nitrogen and oxygen atoms in total. The van der Waals surface area contributed by atoms with E-state index in [0.717, 1.165) is 6.07 Å². The molecule has 0 unspecified atom stereocenters. The van der Waals surface area contributed by atoms with Gasteiger partial charge in [-0.05, 0) is 0 Å². The Hall–Kier alpha value is -1.99. The average Bonchev–Trinajstić information content (AvgIpc) is 1.99. The number of anilines is 1. The van der Waals surface area contributed by atoms with Crippen molar-refractivity contribution in [3.8, 4) is 5.75 Å². The van der Waals surface area contributed by atoms with Crippen molar-refractivity contribution in [1.82, 2.24) is 4.98 Å². The zero-order chi connectivity index (χ0) is 11.6. The van der Waals surface area contributed by atoms with Gasteiger partial charge in [-0.2, -0.15) is 0 Å². The Bertz CT molecular complexity index is 392. The summed E-state index contributed by atoms with van der Waals surface area (Å²) in [5.41, 5.74) is 4.23. The third kappa shape index (κ3) is 3.01. The minimum atomic E-state index is -4.86. The molecule has 1 heterocycles. The highest BCUT2D eigenvalue weighted by molar-refractivity contribution is 5.91. The second-order valence-electron chi connectivity index (χ2n) is 2.46. The molecule has 0 spiro atoms. The predicted octanol–water partition coefficient (Wildman–Crippen LogP) is 1.26. The fourth-order valence-electron chi connectivity index (χ4n) is 0.830. The molecule has 0 aliphatic carbocycles. The van der Waals surface area contributed by atoms with Crippen LogP contribution in [0.1, 0.15) is 10.5 Å². The largest absolute Gasteiger partial charge is 0.573 e. The van der Waals surface area contributed by atoms with Crippen molar-refractivity contribution in [3.05, 3.63) is 18.0 Å². The fraction of sp³-hybridized carbons (Fsp3) is 0.143. The lowest BCUT2D eigenvalue weighted by atomic mass is 10.3. The van der Waals surface area contributed by atoms with E-state index in [4.69, 9.17) is 10.8 Å². The van der Waals surface area contributed by atoms with Crippen molar-refractivity contribution in [1.29, 1.82) is 0 Å². The van der Waals surface area contributed by atoms with Gasteiger partial charge >= 0.3 is 12.3 Å². The zero-order valence-electron chi connectivity index (χ0n) is 7.08. The summed E-state index contributed by atoms with van der Waals surface area (Å²) in [4.78, 5) is 13.6. The maximum Gasteiger partial charge on any atom is 0.573 e. The highest BCUT2D eigenvalue weighted by Gasteiger charge is 2.31. The van der Waals surface area contributed by atoms with Crippen LogP contribution in [0.5, 0.6) is 5.75 Å². The minimum absolute atomic E-state index is 0.399. The highest BCUT2D eigenvalue weighted by Crippen LogP contribution is 2.24. The summed E-state index contributed by atoms with van der Waals surface area (Å²) in [7, 11) is 0. The van der Waals surface area contributed by atoms with Crippen LogP contribution in [0.15, 0.2) is 12.3 Å². The predicted molar refractivity (Wildman–Crippen MR) is 42.3 cm³/mol. The lowest BCUT2D eigenvalue weighted by Gasteiger charge is -2.09. The van der Waals surface area contributed by atoms with Crippen LogP contribution < -0.4 is 10.5 Å². The second-order valence-corrected chi connectivity index (χ2v) is 2.46. The molecule has 0 aromatic carbocycles. The Morgan fingerprint density at radius 1 is 1.53 bits per heavy atom. The lowest BCUT2D eigenvalue weighted by molar-refractivity contribution is -0.274. The molecule has 82 valence electrons. The molecular formula is C7H5F3N2O3. The zero-order valence-corrected chi connectivity index (χ0v) is 7.08. The topological polar surface area (TPSA) is 85.4 Å². The third-order valence-corrected chi connectivity index (χ3v) is 1.33. The fourth-order valence-corrected chi connectivity index (χ4v) is 0.830. The number of pyridine rings is 1. The molecule has 0 radical (unpaired) electrons. The molecule has 0 atom stereocenters. The molecule has 0 saturated carbocycles. The van der Waals surface area contributed by atoms with Gasteiger partial charge in [-0.3, -0.25) is 0 Å². The van der Waals surface area contributed by atoms with Gasteiger partial charge in [-0.25, -0.2) is 9.78 Å². The van der Waals surface area contributed by atoms with Crippen LogP contribution in [0, 0.1) is 0 Å². The summed E-state index contributed by atoms with van der Waals surface area (Å²) >= 11 is 0. The van der Waals surface area contributed by atoms with Crippen LogP contribution in [0.4, 0.5) is 18.9 Å². The van der Waals surface area contributed by atoms with E-state index in [1.807, 2.05) is 0 Å². The number of carbonyl (C=O) groups is 1. The number of hydrogen-bond acceptors (Lipinski definition) is 4. The number of halogens is 3. The van der Waals surface area contributed by atoms with E-state index >= 15 is 0 Å². The van der Waals surface area contributed by atoms with Crippen LogP contribution in [0.25, 0.3) is 0 Å². The number of aromatic nitrogens is 1. The minimum Gasteiger partial charge on any atom is -0.476 e. The first-order chi connectivity index (χ1) is 6.79. The van der Waals surface area contributed by atoms with Crippen LogP contribution in [0.3, 0.4) is 0 Å². The molecule has 0 aliphatic rings. The molecule has 0 aliphatic heterocycles. The molecule has 1 rings (SSSR count). The standard InChI is InChI=1S/C7H5F3N2O3/c8-7(9,10)15-3-1-4(11)5(6(13)14)12-2-3/h1-2H,11H2,(H,13,14). The van der Waals surface area contributed by atoms with Crippen molar-refractivity contribution >= 4 is 11.7 Å². The van der Waals surface area contributed by atoms with Crippen LogP contribution in [-0.4, -0.2) is 22.4 Å². The number of hydrogen-bond donors (Lipinski definition) is 2. The molecule has 0 saturated heterocycles. The van der Waals surface area contributed by atoms with Crippen LogP contribution in [-0.2, 0) is 0 Å². The number of alkyl halides is 3. The summed E-state index contributed by atoms with van der Waals surface area (Å²) in [6.07, 6.45) is -4.23. The van der Waals surface area contributed by atoms with Gasteiger partial charge < -0.3 is 15.6 Å². The van der Waals surface area contributed by atoms with Crippen molar-refractivity contribution in [2.45, 2.75) is 6.36 Å². The lowest BCUT2D eigenvalue weighted by Crippen LogP contribution is -2.18. The van der Waals surface area contributed by atoms with E-state index in [1.165, 1.54) is 0 Å². The normalized spacial score (nSPS) is 11.1. The van der Waals surface area contributed by atoms with Gasteiger partial charge in [0, 0.05) is 6.07 Å². The summed E-state index contributed by atoms with van der Waals surface area (Å²) in [5, 5.41) is 8.48. The van der Waals surface area contributed by atoms with Gasteiger partial charge in [-0.15, -0.1) is 13.2 Å². The molecule has 0 fully saturated rings. The molecule has 0 bridgehead atoms. The maximum atomic E-state index is 11.7. The first kappa shape index (κ1) is 11.1. The summed E-state index contributed by atoms with van der Waals surface area (Å²) < 4.78 is 38.7. The molecule has 8 heteroatoms. The molecular weight excluding hydrogens is 217 g/mol. The number of rotatable bonds is 2. The average molecular weight is 222 g/mol. The van der Waals surface area contributed by atoms with Gasteiger partial charge in [0.1, 0.15) is 5.75 Å². The first-order valence-electron chi connectivity index (χ1n) is 3.54. The van der Waals surface area contributed by atoms with E-state index in [1.54, 1.807) is 0 Å². The quantitative estimate of drug-likeness (QED) is 0.786. The molecule has 0 amide bonds. The molecule has 1 aromatic rings. The Morgan fingerprint density at radius 3 is 2.53 bits per heavy atom. The molecule has 3 N–H and O–H groups in total. The number of aromatic carboxylic acids is 1. The second kappa shape index (κ2) is 3.64. The van der Waals surface area contributed by atoms with Crippen molar-refractivity contribution in [2.24, 2.45) is 0 Å². The molecule has 1 aromatic heterocycles. The number of carboxylic acids is 1. The first-order valence-corrected chi connectivity index (χ1v) is 3.54. The monoisotopic (exact) mass is 222 g/mol. The summed E-state index contributed by atoms with van der Waals surface area (Å²) in [5.74, 6) is -2.09. The Labute approximate surface area is 81.3 Å². The SMILES string of the molecule is Nc1cc(OC(F)(F)F)cnc1C(=O)O. The Kier molecular flexibility index (Phi) is 2.69. The Balaban J connectivity index is 2.97. The van der Waals surface area contributed by atoms with Gasteiger partial charge in [0.25, 0.3) is 0 Å².